The fourth-order valence-corrected chi connectivity index (χ4v) is 13.1. The molecule has 0 spiro atoms. The highest BCUT2D eigenvalue weighted by molar-refractivity contribution is 5.76. The highest BCUT2D eigenvalue weighted by Crippen LogP contribution is 2.33. The van der Waals surface area contributed by atoms with Gasteiger partial charge in [-0.05, 0) is 70.6 Å². The zero-order valence-electron chi connectivity index (χ0n) is 61.5. The Bertz CT molecular complexity index is 2070. The summed E-state index contributed by atoms with van der Waals surface area (Å²) in [5, 5.41) is 121. The normalized spacial score (nSPS) is 27.0. The van der Waals surface area contributed by atoms with Crippen LogP contribution in [0.3, 0.4) is 0 Å². The van der Waals surface area contributed by atoms with Crippen LogP contribution >= 0.6 is 0 Å². The summed E-state index contributed by atoms with van der Waals surface area (Å²) in [5.74, 6) is -0.282. The van der Waals surface area contributed by atoms with Gasteiger partial charge in [-0.3, -0.25) is 4.79 Å². The SMILES string of the molecule is CC/C=C\C/C=C\C/C=C\C/C=C\CCCCCCCCCCCCCCCCCCCCCCCCCCC(=O)NC(COC1OC(CO)C(OC2OC(CO)C(OC3OC(CO)C(O)C(O)C3O)C(O)C2O)C(O)C1O)C(O)/C=C/CC/C=C/CCCCCCCCCCCCC. The van der Waals surface area contributed by atoms with Crippen LogP contribution in [0.5, 0.6) is 0 Å². The Morgan fingerprint density at radius 2 is 0.707 bits per heavy atom. The molecule has 0 aromatic carbocycles. The van der Waals surface area contributed by atoms with E-state index in [1.54, 1.807) is 6.08 Å². The van der Waals surface area contributed by atoms with E-state index >= 15 is 0 Å². The molecule has 3 saturated heterocycles. The first-order valence-electron chi connectivity index (χ1n) is 39.7. The Morgan fingerprint density at radius 1 is 0.374 bits per heavy atom. The zero-order valence-corrected chi connectivity index (χ0v) is 61.5. The number of aliphatic hydroxyl groups is 11. The highest BCUT2D eigenvalue weighted by atomic mass is 16.8. The summed E-state index contributed by atoms with van der Waals surface area (Å²) in [6.45, 7) is 1.62. The Balaban J connectivity index is 1.32. The van der Waals surface area contributed by atoms with Gasteiger partial charge in [0.25, 0.3) is 0 Å². The lowest BCUT2D eigenvalue weighted by molar-refractivity contribution is -0.379. The molecule has 0 radical (unpaired) electrons. The fraction of sp³-hybridized carbons (Fsp3) is 0.838. The molecule has 3 fully saturated rings. The molecule has 12 N–H and O–H groups in total. The average Bonchev–Trinajstić information content (AvgIpc) is 0.786. The minimum absolute atomic E-state index is 0.237. The van der Waals surface area contributed by atoms with Crippen molar-refractivity contribution in [1.82, 2.24) is 5.32 Å². The number of carbonyl (C=O) groups excluding carboxylic acids is 1. The standard InChI is InChI=1S/C80H143NO18/c1-3-5-7-9-11-13-15-17-19-21-22-23-24-25-26-27-28-29-30-31-32-33-34-35-36-37-38-39-40-42-44-46-48-50-52-54-56-58-68(86)81-63(64(85)57-55-53-51-49-47-45-43-41-20-18-16-14-12-10-8-6-4-2)62-94-78-74(92)71(89)76(66(60-83)96-78)99-80-75(93)72(90)77(67(61-84)97-80)98-79-73(91)70(88)69(87)65(59-82)95-79/h5,7,11,13,17,19,22-23,47,49,55,57,63-67,69-80,82-85,87-93H,3-4,6,8-10,12,14-16,18,20-21,24-46,48,50-54,56,58-62H2,1-2H3,(H,81,86)/b7-5-,13-11-,19-17-,23-22-,49-47+,57-55+. The van der Waals surface area contributed by atoms with Gasteiger partial charge in [0.05, 0.1) is 38.6 Å². The lowest BCUT2D eigenvalue weighted by Gasteiger charge is -2.48. The van der Waals surface area contributed by atoms with Crippen molar-refractivity contribution in [3.63, 3.8) is 0 Å². The summed E-state index contributed by atoms with van der Waals surface area (Å²) in [6, 6.07) is -0.991. The highest BCUT2D eigenvalue weighted by Gasteiger charge is 2.53. The van der Waals surface area contributed by atoms with Gasteiger partial charge in [0.15, 0.2) is 18.9 Å². The maximum Gasteiger partial charge on any atom is 0.220 e. The molecule has 576 valence electrons. The van der Waals surface area contributed by atoms with Crippen LogP contribution in [0.2, 0.25) is 0 Å². The van der Waals surface area contributed by atoms with E-state index in [0.717, 1.165) is 64.2 Å². The van der Waals surface area contributed by atoms with Crippen molar-refractivity contribution >= 4 is 5.91 Å². The molecule has 0 saturated carbocycles. The summed E-state index contributed by atoms with van der Waals surface area (Å²) in [4.78, 5) is 13.4. The molecular formula is C80H143NO18. The lowest BCUT2D eigenvalue weighted by Crippen LogP contribution is -2.66. The monoisotopic (exact) mass is 1410 g/mol. The number of allylic oxidation sites excluding steroid dienone is 11. The first kappa shape index (κ1) is 90.4. The fourth-order valence-electron chi connectivity index (χ4n) is 13.1. The van der Waals surface area contributed by atoms with Gasteiger partial charge in [0, 0.05) is 6.42 Å². The molecule has 0 aromatic heterocycles. The number of rotatable bonds is 62. The number of nitrogens with one attached hydrogen (secondary N) is 1. The molecular weight excluding hydrogens is 1260 g/mol. The Hall–Kier alpha value is -2.77. The number of carbonyl (C=O) groups is 1. The number of hydrogen-bond acceptors (Lipinski definition) is 18. The largest absolute Gasteiger partial charge is 0.394 e. The molecule has 1 amide bonds. The summed E-state index contributed by atoms with van der Waals surface area (Å²) in [7, 11) is 0. The molecule has 99 heavy (non-hydrogen) atoms. The van der Waals surface area contributed by atoms with Crippen LogP contribution in [0.1, 0.15) is 296 Å². The van der Waals surface area contributed by atoms with Crippen LogP contribution in [0.25, 0.3) is 0 Å². The van der Waals surface area contributed by atoms with Crippen LogP contribution in [-0.4, -0.2) is 193 Å². The van der Waals surface area contributed by atoms with Crippen molar-refractivity contribution < 1.29 is 89.4 Å². The van der Waals surface area contributed by atoms with Gasteiger partial charge in [0.1, 0.15) is 73.2 Å². The quantitative estimate of drug-likeness (QED) is 0.0199. The van der Waals surface area contributed by atoms with E-state index in [-0.39, 0.29) is 18.9 Å². The van der Waals surface area contributed by atoms with Crippen molar-refractivity contribution in [2.24, 2.45) is 0 Å². The third kappa shape index (κ3) is 40.9. The van der Waals surface area contributed by atoms with Gasteiger partial charge in [-0.1, -0.05) is 292 Å². The Kier molecular flexibility index (Phi) is 55.3. The second-order valence-electron chi connectivity index (χ2n) is 28.1. The van der Waals surface area contributed by atoms with E-state index in [1.807, 2.05) is 6.08 Å². The van der Waals surface area contributed by atoms with E-state index in [2.05, 4.69) is 79.9 Å². The van der Waals surface area contributed by atoms with Crippen LogP contribution in [0.4, 0.5) is 0 Å². The lowest BCUT2D eigenvalue weighted by atomic mass is 9.96. The van der Waals surface area contributed by atoms with Gasteiger partial charge in [-0.15, -0.1) is 0 Å². The maximum absolute atomic E-state index is 13.4. The molecule has 0 aliphatic carbocycles. The first-order valence-corrected chi connectivity index (χ1v) is 39.7. The molecule has 3 rings (SSSR count). The topological polar surface area (TPSA) is 307 Å². The van der Waals surface area contributed by atoms with Crippen molar-refractivity contribution in [3.8, 4) is 0 Å². The molecule has 0 bridgehead atoms. The third-order valence-electron chi connectivity index (χ3n) is 19.5. The second-order valence-corrected chi connectivity index (χ2v) is 28.1. The van der Waals surface area contributed by atoms with Gasteiger partial charge in [-0.2, -0.15) is 0 Å². The number of aliphatic hydroxyl groups excluding tert-OH is 11. The summed E-state index contributed by atoms with van der Waals surface area (Å²) in [6.07, 6.45) is 51.9. The molecule has 0 aromatic rings. The number of hydrogen-bond donors (Lipinski definition) is 12. The third-order valence-corrected chi connectivity index (χ3v) is 19.5. The van der Waals surface area contributed by atoms with Gasteiger partial charge < -0.3 is 89.9 Å². The van der Waals surface area contributed by atoms with E-state index in [4.69, 9.17) is 28.4 Å². The number of unbranched alkanes of at least 4 members (excludes halogenated alkanes) is 36. The molecule has 3 aliphatic rings. The first-order chi connectivity index (χ1) is 48.3. The van der Waals surface area contributed by atoms with E-state index in [0.29, 0.717) is 12.8 Å². The predicted octanol–water partition coefficient (Wildman–Crippen LogP) is 12.8. The van der Waals surface area contributed by atoms with E-state index in [1.165, 1.54) is 199 Å². The molecule has 19 heteroatoms. The van der Waals surface area contributed by atoms with Crippen LogP contribution < -0.4 is 5.32 Å². The van der Waals surface area contributed by atoms with Crippen molar-refractivity contribution in [1.29, 1.82) is 0 Å². The maximum atomic E-state index is 13.4. The molecule has 19 nitrogen and oxygen atoms in total. The van der Waals surface area contributed by atoms with Gasteiger partial charge in [0.2, 0.25) is 5.91 Å². The Morgan fingerprint density at radius 3 is 1.13 bits per heavy atom. The van der Waals surface area contributed by atoms with E-state index in [9.17, 15) is 61.0 Å². The summed E-state index contributed by atoms with van der Waals surface area (Å²) in [5.41, 5.74) is 0. The van der Waals surface area contributed by atoms with Crippen LogP contribution in [0.15, 0.2) is 72.9 Å². The van der Waals surface area contributed by atoms with Gasteiger partial charge >= 0.3 is 0 Å². The van der Waals surface area contributed by atoms with Crippen molar-refractivity contribution in [2.45, 2.75) is 401 Å². The molecule has 17 unspecified atom stereocenters. The van der Waals surface area contributed by atoms with Crippen molar-refractivity contribution in [2.75, 3.05) is 26.4 Å². The summed E-state index contributed by atoms with van der Waals surface area (Å²) >= 11 is 0. The van der Waals surface area contributed by atoms with Crippen LogP contribution in [-0.2, 0) is 33.2 Å². The van der Waals surface area contributed by atoms with Crippen molar-refractivity contribution in [3.05, 3.63) is 72.9 Å². The molecule has 3 heterocycles. The van der Waals surface area contributed by atoms with E-state index < -0.39 is 124 Å². The zero-order chi connectivity index (χ0) is 71.8. The smallest absolute Gasteiger partial charge is 0.220 e. The van der Waals surface area contributed by atoms with Gasteiger partial charge in [-0.25, -0.2) is 0 Å². The molecule has 17 atom stereocenters. The molecule has 3 aliphatic heterocycles. The average molecular weight is 1410 g/mol. The van der Waals surface area contributed by atoms with Crippen LogP contribution in [0, 0.1) is 0 Å². The minimum Gasteiger partial charge on any atom is -0.394 e. The minimum atomic E-state index is -1.98. The number of ether oxygens (including phenoxy) is 6. The predicted molar refractivity (Wildman–Crippen MR) is 392 cm³/mol. The second kappa shape index (κ2) is 60.5. The Labute approximate surface area is 598 Å². The summed E-state index contributed by atoms with van der Waals surface area (Å²) < 4.78 is 34.4. The number of amides is 1.